The van der Waals surface area contributed by atoms with E-state index in [1.807, 2.05) is 36.5 Å². The fourth-order valence-corrected chi connectivity index (χ4v) is 3.48. The number of nitrogens with zero attached hydrogens (tertiary/aromatic N) is 1. The first-order valence-electron chi connectivity index (χ1n) is 8.10. The molecule has 4 rings (SSSR count). The van der Waals surface area contributed by atoms with Gasteiger partial charge < -0.3 is 0 Å². The molecule has 1 nitrogen and oxygen atoms in total. The van der Waals surface area contributed by atoms with Crippen molar-refractivity contribution in [1.82, 2.24) is 4.98 Å². The lowest BCUT2D eigenvalue weighted by atomic mass is 9.96. The summed E-state index contributed by atoms with van der Waals surface area (Å²) in [4.78, 5) is 4.61. The van der Waals surface area contributed by atoms with Crippen LogP contribution in [0, 0.1) is 26.6 Å². The van der Waals surface area contributed by atoms with Gasteiger partial charge in [0.25, 0.3) is 0 Å². The van der Waals surface area contributed by atoms with Crippen molar-refractivity contribution in [1.29, 1.82) is 0 Å². The number of aryl methyl sites for hydroxylation is 3. The molecule has 1 aromatic heterocycles. The van der Waals surface area contributed by atoms with Crippen molar-refractivity contribution in [2.75, 3.05) is 0 Å². The van der Waals surface area contributed by atoms with Gasteiger partial charge in [-0.2, -0.15) is 0 Å². The van der Waals surface area contributed by atoms with Crippen molar-refractivity contribution in [2.24, 2.45) is 0 Å². The summed E-state index contributed by atoms with van der Waals surface area (Å²) in [6.07, 6.45) is 1.81. The smallest absolute Gasteiger partial charge is 0.133 e. The van der Waals surface area contributed by atoms with Gasteiger partial charge >= 0.3 is 0 Å². The highest BCUT2D eigenvalue weighted by Gasteiger charge is 2.11. The lowest BCUT2D eigenvalue weighted by Crippen LogP contribution is -1.91. The van der Waals surface area contributed by atoms with Crippen molar-refractivity contribution in [3.8, 4) is 11.3 Å². The first-order valence-corrected chi connectivity index (χ1v) is 8.10. The molecule has 0 aliphatic heterocycles. The van der Waals surface area contributed by atoms with Crippen LogP contribution in [0.3, 0.4) is 0 Å². The van der Waals surface area contributed by atoms with Crippen LogP contribution in [0.5, 0.6) is 0 Å². The minimum atomic E-state index is -0.140. The first kappa shape index (κ1) is 14.8. The molecule has 118 valence electrons. The Labute approximate surface area is 140 Å². The Hall–Kier alpha value is -2.74. The topological polar surface area (TPSA) is 12.9 Å². The van der Waals surface area contributed by atoms with E-state index in [0.29, 0.717) is 10.9 Å². The Kier molecular flexibility index (Phi) is 3.34. The number of benzene rings is 3. The third kappa shape index (κ3) is 2.26. The summed E-state index contributed by atoms with van der Waals surface area (Å²) in [6, 6.07) is 16.1. The van der Waals surface area contributed by atoms with Crippen molar-refractivity contribution >= 4 is 21.5 Å². The van der Waals surface area contributed by atoms with Gasteiger partial charge in [-0.25, -0.2) is 4.39 Å². The molecule has 3 aromatic carbocycles. The summed E-state index contributed by atoms with van der Waals surface area (Å²) in [5.41, 5.74) is 5.15. The van der Waals surface area contributed by atoms with Gasteiger partial charge in [-0.15, -0.1) is 0 Å². The average Bonchev–Trinajstić information content (AvgIpc) is 2.56. The van der Waals surface area contributed by atoms with Gasteiger partial charge in [-0.05, 0) is 55.3 Å². The molecule has 0 bridgehead atoms. The molecule has 24 heavy (non-hydrogen) atoms. The van der Waals surface area contributed by atoms with E-state index in [2.05, 4.69) is 37.0 Å². The molecule has 0 unspecified atom stereocenters. The molecule has 0 atom stereocenters. The maximum atomic E-state index is 14.4. The number of rotatable bonds is 1. The number of halogens is 1. The molecule has 0 fully saturated rings. The van der Waals surface area contributed by atoms with Crippen molar-refractivity contribution in [2.45, 2.75) is 20.8 Å². The zero-order valence-electron chi connectivity index (χ0n) is 14.0. The minimum absolute atomic E-state index is 0.140. The SMILES string of the molecule is Cc1cc(C)cc(-c2nccc3c2ccc2c(F)c(C)ccc23)c1. The summed E-state index contributed by atoms with van der Waals surface area (Å²) >= 11 is 0. The lowest BCUT2D eigenvalue weighted by Gasteiger charge is -2.11. The summed E-state index contributed by atoms with van der Waals surface area (Å²) < 4.78 is 14.4. The van der Waals surface area contributed by atoms with E-state index in [1.165, 1.54) is 11.1 Å². The molecule has 0 amide bonds. The van der Waals surface area contributed by atoms with Crippen LogP contribution in [0.1, 0.15) is 16.7 Å². The molecule has 0 radical (unpaired) electrons. The number of hydrogen-bond donors (Lipinski definition) is 0. The highest BCUT2D eigenvalue weighted by molar-refractivity contribution is 6.11. The molecular formula is C22H18FN. The van der Waals surface area contributed by atoms with Crippen molar-refractivity contribution in [3.05, 3.63) is 77.2 Å². The minimum Gasteiger partial charge on any atom is -0.256 e. The Bertz CT molecular complexity index is 1080. The highest BCUT2D eigenvalue weighted by Crippen LogP contribution is 2.33. The quantitative estimate of drug-likeness (QED) is 0.386. The second-order valence-corrected chi connectivity index (χ2v) is 6.49. The van der Waals surface area contributed by atoms with Gasteiger partial charge in [-0.3, -0.25) is 4.98 Å². The van der Waals surface area contributed by atoms with Gasteiger partial charge in [0.05, 0.1) is 5.69 Å². The van der Waals surface area contributed by atoms with Crippen LogP contribution in [-0.2, 0) is 0 Å². The standard InChI is InChI=1S/C22H18FN/c1-13-10-14(2)12-16(11-13)22-20-7-6-19-17(18(20)8-9-24-22)5-4-15(3)21(19)23/h4-12H,1-3H3. The van der Waals surface area contributed by atoms with Gasteiger partial charge in [-0.1, -0.05) is 41.5 Å². The number of pyridine rings is 1. The van der Waals surface area contributed by atoms with Crippen LogP contribution in [0.15, 0.2) is 54.7 Å². The monoisotopic (exact) mass is 315 g/mol. The van der Waals surface area contributed by atoms with Crippen molar-refractivity contribution < 1.29 is 4.39 Å². The molecule has 0 N–H and O–H groups in total. The summed E-state index contributed by atoms with van der Waals surface area (Å²) in [7, 11) is 0. The number of aromatic nitrogens is 1. The zero-order chi connectivity index (χ0) is 16.8. The molecule has 0 aliphatic carbocycles. The van der Waals surface area contributed by atoms with Crippen molar-refractivity contribution in [3.63, 3.8) is 0 Å². The van der Waals surface area contributed by atoms with Gasteiger partial charge in [0, 0.05) is 22.5 Å². The van der Waals surface area contributed by atoms with Crippen LogP contribution in [0.4, 0.5) is 4.39 Å². The Morgan fingerprint density at radius 2 is 1.33 bits per heavy atom. The molecule has 4 aromatic rings. The van der Waals surface area contributed by atoms with E-state index < -0.39 is 0 Å². The maximum absolute atomic E-state index is 14.4. The van der Waals surface area contributed by atoms with Crippen LogP contribution in [0.25, 0.3) is 32.8 Å². The van der Waals surface area contributed by atoms with Gasteiger partial charge in [0.2, 0.25) is 0 Å². The molecule has 0 aliphatic rings. The number of hydrogen-bond acceptors (Lipinski definition) is 1. The van der Waals surface area contributed by atoms with E-state index >= 15 is 0 Å². The Morgan fingerprint density at radius 1 is 0.708 bits per heavy atom. The third-order valence-electron chi connectivity index (χ3n) is 4.56. The molecular weight excluding hydrogens is 297 g/mol. The third-order valence-corrected chi connectivity index (χ3v) is 4.56. The zero-order valence-corrected chi connectivity index (χ0v) is 14.0. The Morgan fingerprint density at radius 3 is 2.08 bits per heavy atom. The van der Waals surface area contributed by atoms with Crippen LogP contribution >= 0.6 is 0 Å². The summed E-state index contributed by atoms with van der Waals surface area (Å²) in [6.45, 7) is 5.98. The van der Waals surface area contributed by atoms with Crippen LogP contribution in [0.2, 0.25) is 0 Å². The molecule has 0 saturated heterocycles. The molecule has 2 heteroatoms. The van der Waals surface area contributed by atoms with E-state index in [9.17, 15) is 4.39 Å². The van der Waals surface area contributed by atoms with Gasteiger partial charge in [0.15, 0.2) is 0 Å². The van der Waals surface area contributed by atoms with E-state index in [-0.39, 0.29) is 5.82 Å². The lowest BCUT2D eigenvalue weighted by molar-refractivity contribution is 0.631. The van der Waals surface area contributed by atoms with E-state index in [1.54, 1.807) is 6.92 Å². The highest BCUT2D eigenvalue weighted by atomic mass is 19.1. The molecule has 0 spiro atoms. The summed E-state index contributed by atoms with van der Waals surface area (Å²) in [5, 5.41) is 3.69. The fourth-order valence-electron chi connectivity index (χ4n) is 3.48. The molecule has 1 heterocycles. The van der Waals surface area contributed by atoms with E-state index in [4.69, 9.17) is 0 Å². The Balaban J connectivity index is 2.09. The fraction of sp³-hybridized carbons (Fsp3) is 0.136. The maximum Gasteiger partial charge on any atom is 0.133 e. The first-order chi connectivity index (χ1) is 11.5. The second-order valence-electron chi connectivity index (χ2n) is 6.49. The number of fused-ring (bicyclic) bond motifs is 3. The summed E-state index contributed by atoms with van der Waals surface area (Å²) in [5.74, 6) is -0.140. The largest absolute Gasteiger partial charge is 0.256 e. The second kappa shape index (κ2) is 5.41. The van der Waals surface area contributed by atoms with Gasteiger partial charge in [0.1, 0.15) is 5.82 Å². The van der Waals surface area contributed by atoms with Crippen LogP contribution < -0.4 is 0 Å². The molecule has 0 saturated carbocycles. The van der Waals surface area contributed by atoms with Crippen LogP contribution in [-0.4, -0.2) is 4.98 Å². The predicted octanol–water partition coefficient (Wildman–Crippen LogP) is 6.12. The normalized spacial score (nSPS) is 11.3. The predicted molar refractivity (Wildman–Crippen MR) is 98.9 cm³/mol. The average molecular weight is 315 g/mol. The van der Waals surface area contributed by atoms with E-state index in [0.717, 1.165) is 27.4 Å².